The highest BCUT2D eigenvalue weighted by Gasteiger charge is 2.21. The van der Waals surface area contributed by atoms with Gasteiger partial charge in [0.2, 0.25) is 0 Å². The largest absolute Gasteiger partial charge is 0.494 e. The Kier molecular flexibility index (Phi) is 12.0. The Morgan fingerprint density at radius 3 is 2.06 bits per heavy atom. The molecule has 1 N–H and O–H groups in total. The van der Waals surface area contributed by atoms with Crippen molar-refractivity contribution < 1.29 is 24.2 Å². The molecule has 0 aliphatic heterocycles. The maximum atomic E-state index is 12.1. The van der Waals surface area contributed by atoms with Crippen LogP contribution in [0.15, 0.2) is 42.5 Å². The van der Waals surface area contributed by atoms with Gasteiger partial charge >= 0.3 is 11.9 Å². The van der Waals surface area contributed by atoms with Crippen molar-refractivity contribution in [3.8, 4) is 22.6 Å². The summed E-state index contributed by atoms with van der Waals surface area (Å²) in [5.74, 6) is -0.562. The zero-order chi connectivity index (χ0) is 24.9. The fourth-order valence-electron chi connectivity index (χ4n) is 3.61. The van der Waals surface area contributed by atoms with Crippen molar-refractivity contribution in [1.29, 1.82) is 0 Å². The highest BCUT2D eigenvalue weighted by atomic mass is 35.5. The van der Waals surface area contributed by atoms with Gasteiger partial charge in [0.25, 0.3) is 0 Å². The van der Waals surface area contributed by atoms with Gasteiger partial charge < -0.3 is 14.6 Å². The van der Waals surface area contributed by atoms with E-state index in [1.54, 1.807) is 42.5 Å². The third kappa shape index (κ3) is 9.02. The highest BCUT2D eigenvalue weighted by Crippen LogP contribution is 2.30. The molecule has 0 fully saturated rings. The van der Waals surface area contributed by atoms with Gasteiger partial charge in [0, 0.05) is 0 Å². The van der Waals surface area contributed by atoms with Gasteiger partial charge in [0.05, 0.1) is 12.2 Å². The third-order valence-electron chi connectivity index (χ3n) is 5.68. The number of halogens is 1. The lowest BCUT2D eigenvalue weighted by Crippen LogP contribution is -2.25. The Bertz CT molecular complexity index is 908. The third-order valence-corrected chi connectivity index (χ3v) is 6.36. The van der Waals surface area contributed by atoms with Crippen molar-refractivity contribution in [2.24, 2.45) is 5.92 Å². The van der Waals surface area contributed by atoms with Gasteiger partial charge in [0.1, 0.15) is 16.9 Å². The molecule has 0 saturated carbocycles. The molecular weight excluding hydrogens is 452 g/mol. The predicted octanol–water partition coefficient (Wildman–Crippen LogP) is 7.74. The van der Waals surface area contributed by atoms with Gasteiger partial charge in [-0.3, -0.25) is 4.79 Å². The van der Waals surface area contributed by atoms with E-state index in [0.29, 0.717) is 29.2 Å². The zero-order valence-electron chi connectivity index (χ0n) is 20.5. The van der Waals surface area contributed by atoms with E-state index in [1.807, 2.05) is 13.8 Å². The number of hydrogen-bond acceptors (Lipinski definition) is 4. The summed E-state index contributed by atoms with van der Waals surface area (Å²) in [6.45, 7) is 6.52. The number of carboxylic acids is 1. The summed E-state index contributed by atoms with van der Waals surface area (Å²) in [7, 11) is 0. The number of carboxylic acid groups (broad SMARTS) is 1. The van der Waals surface area contributed by atoms with Crippen LogP contribution in [0.4, 0.5) is 0 Å². The summed E-state index contributed by atoms with van der Waals surface area (Å²) in [6.07, 6.45) is 9.80. The Morgan fingerprint density at radius 2 is 1.47 bits per heavy atom. The SMILES string of the molecule is CCCCCCCCCCOc1ccc(C(=O)O)c(-c2ccc(OC(=O)[C@H](Cl)C(C)C)cc2)c1. The van der Waals surface area contributed by atoms with Gasteiger partial charge in [-0.1, -0.05) is 77.8 Å². The lowest BCUT2D eigenvalue weighted by Gasteiger charge is -2.13. The molecule has 1 atom stereocenters. The van der Waals surface area contributed by atoms with E-state index in [9.17, 15) is 14.7 Å². The quantitative estimate of drug-likeness (QED) is 0.120. The van der Waals surface area contributed by atoms with Crippen molar-refractivity contribution in [2.45, 2.75) is 77.5 Å². The minimum absolute atomic E-state index is 0.0416. The summed E-state index contributed by atoms with van der Waals surface area (Å²) in [4.78, 5) is 23.8. The summed E-state index contributed by atoms with van der Waals surface area (Å²) >= 11 is 6.06. The first-order chi connectivity index (χ1) is 16.3. The molecule has 0 heterocycles. The van der Waals surface area contributed by atoms with Crippen LogP contribution in [0.25, 0.3) is 11.1 Å². The van der Waals surface area contributed by atoms with Crippen molar-refractivity contribution >= 4 is 23.5 Å². The molecule has 0 aromatic heterocycles. The molecule has 0 amide bonds. The number of ether oxygens (including phenoxy) is 2. The van der Waals surface area contributed by atoms with E-state index >= 15 is 0 Å². The summed E-state index contributed by atoms with van der Waals surface area (Å²) in [5, 5.41) is 8.90. The highest BCUT2D eigenvalue weighted by molar-refractivity contribution is 6.30. The monoisotopic (exact) mass is 488 g/mol. The van der Waals surface area contributed by atoms with E-state index in [0.717, 1.165) is 12.8 Å². The fraction of sp³-hybridized carbons (Fsp3) is 0.500. The number of alkyl halides is 1. The number of aromatic carboxylic acids is 1. The summed E-state index contributed by atoms with van der Waals surface area (Å²) < 4.78 is 11.2. The standard InChI is InChI=1S/C28H37ClO5/c1-4-5-6-7-8-9-10-11-18-33-23-16-17-24(27(30)31)25(19-23)21-12-14-22(15-13-21)34-28(32)26(29)20(2)3/h12-17,19-20,26H,4-11,18H2,1-3H3,(H,30,31)/t26-/m1/s1. The Hall–Kier alpha value is -2.53. The first-order valence-electron chi connectivity index (χ1n) is 12.3. The normalized spacial score (nSPS) is 11.9. The Labute approximate surface area is 208 Å². The molecule has 2 aromatic carbocycles. The van der Waals surface area contributed by atoms with Crippen LogP contribution >= 0.6 is 11.6 Å². The predicted molar refractivity (Wildman–Crippen MR) is 137 cm³/mol. The number of esters is 1. The van der Waals surface area contributed by atoms with Crippen LogP contribution in [0.5, 0.6) is 11.5 Å². The number of unbranched alkanes of at least 4 members (excludes halogenated alkanes) is 7. The van der Waals surface area contributed by atoms with E-state index in [4.69, 9.17) is 21.1 Å². The van der Waals surface area contributed by atoms with E-state index in [-0.39, 0.29) is 11.5 Å². The maximum absolute atomic E-state index is 12.1. The van der Waals surface area contributed by atoms with Gasteiger partial charge in [0.15, 0.2) is 0 Å². The number of rotatable bonds is 15. The number of benzene rings is 2. The molecule has 5 nitrogen and oxygen atoms in total. The van der Waals surface area contributed by atoms with Crippen LogP contribution in [0.3, 0.4) is 0 Å². The molecule has 0 aliphatic rings. The molecule has 34 heavy (non-hydrogen) atoms. The Balaban J connectivity index is 1.98. The first-order valence-corrected chi connectivity index (χ1v) is 12.7. The number of carbonyl (C=O) groups is 2. The lowest BCUT2D eigenvalue weighted by atomic mass is 9.99. The number of hydrogen-bond donors (Lipinski definition) is 1. The van der Waals surface area contributed by atoms with Crippen LogP contribution in [0.1, 0.15) is 82.5 Å². The second-order valence-electron chi connectivity index (χ2n) is 8.93. The van der Waals surface area contributed by atoms with E-state index in [1.165, 1.54) is 38.5 Å². The topological polar surface area (TPSA) is 72.8 Å². The van der Waals surface area contributed by atoms with Crippen LogP contribution in [-0.2, 0) is 4.79 Å². The van der Waals surface area contributed by atoms with Gasteiger partial charge in [-0.05, 0) is 53.8 Å². The van der Waals surface area contributed by atoms with Crippen LogP contribution in [0, 0.1) is 5.92 Å². The smallest absolute Gasteiger partial charge is 0.336 e. The minimum Gasteiger partial charge on any atom is -0.494 e. The molecule has 0 radical (unpaired) electrons. The number of carbonyl (C=O) groups excluding carboxylic acids is 1. The minimum atomic E-state index is -1.01. The van der Waals surface area contributed by atoms with Gasteiger partial charge in [-0.15, -0.1) is 11.6 Å². The van der Waals surface area contributed by atoms with Crippen molar-refractivity contribution in [1.82, 2.24) is 0 Å². The molecule has 0 aliphatic carbocycles. The molecule has 0 saturated heterocycles. The summed E-state index contributed by atoms with van der Waals surface area (Å²) in [6, 6.07) is 11.7. The van der Waals surface area contributed by atoms with Crippen molar-refractivity contribution in [2.75, 3.05) is 6.61 Å². The average Bonchev–Trinajstić information content (AvgIpc) is 2.82. The second kappa shape index (κ2) is 14.7. The van der Waals surface area contributed by atoms with Crippen LogP contribution < -0.4 is 9.47 Å². The second-order valence-corrected chi connectivity index (χ2v) is 9.40. The fourth-order valence-corrected chi connectivity index (χ4v) is 3.66. The molecule has 6 heteroatoms. The molecule has 186 valence electrons. The molecule has 0 spiro atoms. The van der Waals surface area contributed by atoms with E-state index in [2.05, 4.69) is 6.92 Å². The van der Waals surface area contributed by atoms with Gasteiger partial charge in [-0.25, -0.2) is 4.79 Å². The summed E-state index contributed by atoms with van der Waals surface area (Å²) in [5.41, 5.74) is 1.43. The van der Waals surface area contributed by atoms with E-state index < -0.39 is 17.3 Å². The van der Waals surface area contributed by atoms with Gasteiger partial charge in [-0.2, -0.15) is 0 Å². The van der Waals surface area contributed by atoms with Crippen LogP contribution in [-0.4, -0.2) is 29.0 Å². The maximum Gasteiger partial charge on any atom is 0.336 e. The Morgan fingerprint density at radius 1 is 0.882 bits per heavy atom. The average molecular weight is 489 g/mol. The first kappa shape index (κ1) is 27.7. The lowest BCUT2D eigenvalue weighted by molar-refractivity contribution is -0.134. The molecule has 2 aromatic rings. The molecule has 2 rings (SSSR count). The molecular formula is C28H37ClO5. The van der Waals surface area contributed by atoms with Crippen molar-refractivity contribution in [3.63, 3.8) is 0 Å². The van der Waals surface area contributed by atoms with Crippen LogP contribution in [0.2, 0.25) is 0 Å². The molecule has 0 unspecified atom stereocenters. The zero-order valence-corrected chi connectivity index (χ0v) is 21.3. The van der Waals surface area contributed by atoms with Crippen molar-refractivity contribution in [3.05, 3.63) is 48.0 Å². The molecule has 0 bridgehead atoms.